The minimum Gasteiger partial charge on any atom is -0.331 e. The van der Waals surface area contributed by atoms with Gasteiger partial charge in [-0.2, -0.15) is 0 Å². The Morgan fingerprint density at radius 3 is 2.93 bits per heavy atom. The van der Waals surface area contributed by atoms with Crippen molar-refractivity contribution in [1.29, 1.82) is 0 Å². The Kier molecular flexibility index (Phi) is 2.64. The number of aromatic nitrogens is 3. The molecule has 0 aliphatic carbocycles. The highest BCUT2D eigenvalue weighted by Gasteiger charge is 2.12. The van der Waals surface area contributed by atoms with E-state index >= 15 is 0 Å². The first-order valence-corrected chi connectivity index (χ1v) is 5.45. The average molecular weight is 221 g/mol. The molecule has 0 saturated heterocycles. The molecule has 78 valence electrons. The van der Waals surface area contributed by atoms with E-state index in [0.717, 1.165) is 10.7 Å². The number of ketones is 1. The number of imidazole rings is 1. The van der Waals surface area contributed by atoms with Gasteiger partial charge in [-0.1, -0.05) is 0 Å². The monoisotopic (exact) mass is 221 g/mol. The zero-order valence-corrected chi connectivity index (χ0v) is 9.41. The highest BCUT2D eigenvalue weighted by molar-refractivity contribution is 7.09. The third kappa shape index (κ3) is 2.12. The van der Waals surface area contributed by atoms with Crippen LogP contribution in [0.25, 0.3) is 0 Å². The number of Topliss-reactive ketones (excluding diaryl/α,β-unsaturated/α-hetero) is 1. The molecule has 0 bridgehead atoms. The van der Waals surface area contributed by atoms with E-state index in [2.05, 4.69) is 9.97 Å². The molecule has 15 heavy (non-hydrogen) atoms. The van der Waals surface area contributed by atoms with Gasteiger partial charge >= 0.3 is 0 Å². The Bertz CT molecular complexity index is 486. The molecule has 0 amide bonds. The lowest BCUT2D eigenvalue weighted by atomic mass is 10.2. The molecule has 0 aromatic carbocycles. The van der Waals surface area contributed by atoms with Crippen LogP contribution in [0.5, 0.6) is 0 Å². The largest absolute Gasteiger partial charge is 0.331 e. The van der Waals surface area contributed by atoms with Gasteiger partial charge in [-0.15, -0.1) is 11.3 Å². The molecule has 0 N–H and O–H groups in total. The van der Waals surface area contributed by atoms with E-state index in [4.69, 9.17) is 0 Å². The molecule has 2 heterocycles. The molecule has 0 unspecified atom stereocenters. The fraction of sp³-hybridized carbons (Fsp3) is 0.300. The van der Waals surface area contributed by atoms with Crippen molar-refractivity contribution in [2.24, 2.45) is 7.05 Å². The standard InChI is InChI=1S/C10H11N3OS/c1-7-5-15-10(12-7)3-9(14)8-4-11-6-13(8)2/h4-6H,3H2,1-2H3. The summed E-state index contributed by atoms with van der Waals surface area (Å²) < 4.78 is 1.72. The fourth-order valence-corrected chi connectivity index (χ4v) is 2.11. The Hall–Kier alpha value is -1.49. The second-order valence-electron chi connectivity index (χ2n) is 3.37. The van der Waals surface area contributed by atoms with Crippen LogP contribution in [-0.2, 0) is 13.5 Å². The fourth-order valence-electron chi connectivity index (χ4n) is 1.34. The van der Waals surface area contributed by atoms with Crippen LogP contribution < -0.4 is 0 Å². The highest BCUT2D eigenvalue weighted by atomic mass is 32.1. The average Bonchev–Trinajstić information content (AvgIpc) is 2.75. The highest BCUT2D eigenvalue weighted by Crippen LogP contribution is 2.12. The van der Waals surface area contributed by atoms with Crippen molar-refractivity contribution in [2.75, 3.05) is 0 Å². The molecule has 0 saturated carbocycles. The van der Waals surface area contributed by atoms with Crippen LogP contribution in [-0.4, -0.2) is 20.3 Å². The van der Waals surface area contributed by atoms with Crippen LogP contribution in [0.4, 0.5) is 0 Å². The third-order valence-electron chi connectivity index (χ3n) is 2.08. The van der Waals surface area contributed by atoms with Gasteiger partial charge in [0.2, 0.25) is 0 Å². The smallest absolute Gasteiger partial charge is 0.187 e. The summed E-state index contributed by atoms with van der Waals surface area (Å²) in [4.78, 5) is 20.0. The zero-order chi connectivity index (χ0) is 10.8. The molecule has 0 radical (unpaired) electrons. The molecular weight excluding hydrogens is 210 g/mol. The van der Waals surface area contributed by atoms with Gasteiger partial charge in [0.05, 0.1) is 18.9 Å². The zero-order valence-electron chi connectivity index (χ0n) is 8.60. The lowest BCUT2D eigenvalue weighted by Gasteiger charge is -1.98. The second-order valence-corrected chi connectivity index (χ2v) is 4.32. The van der Waals surface area contributed by atoms with E-state index < -0.39 is 0 Å². The van der Waals surface area contributed by atoms with E-state index in [1.165, 1.54) is 11.3 Å². The van der Waals surface area contributed by atoms with Crippen molar-refractivity contribution in [3.8, 4) is 0 Å². The second kappa shape index (κ2) is 3.94. The Balaban J connectivity index is 2.14. The summed E-state index contributed by atoms with van der Waals surface area (Å²) in [6, 6.07) is 0. The molecule has 0 aliphatic rings. The van der Waals surface area contributed by atoms with Crippen molar-refractivity contribution in [2.45, 2.75) is 13.3 Å². The van der Waals surface area contributed by atoms with E-state index in [0.29, 0.717) is 12.1 Å². The first-order chi connectivity index (χ1) is 7.16. The molecule has 0 spiro atoms. The Morgan fingerprint density at radius 1 is 1.60 bits per heavy atom. The summed E-state index contributed by atoms with van der Waals surface area (Å²) in [6.07, 6.45) is 3.57. The number of hydrogen-bond donors (Lipinski definition) is 0. The van der Waals surface area contributed by atoms with Crippen molar-refractivity contribution in [1.82, 2.24) is 14.5 Å². The number of rotatable bonds is 3. The molecule has 2 aromatic heterocycles. The quantitative estimate of drug-likeness (QED) is 0.740. The summed E-state index contributed by atoms with van der Waals surface area (Å²) in [6.45, 7) is 1.93. The molecule has 0 aliphatic heterocycles. The Morgan fingerprint density at radius 2 is 2.40 bits per heavy atom. The van der Waals surface area contributed by atoms with Crippen LogP contribution in [0, 0.1) is 6.92 Å². The molecule has 5 heteroatoms. The number of aryl methyl sites for hydroxylation is 2. The summed E-state index contributed by atoms with van der Waals surface area (Å²) in [5.41, 5.74) is 1.59. The number of thiazole rings is 1. The number of nitrogens with zero attached hydrogens (tertiary/aromatic N) is 3. The van der Waals surface area contributed by atoms with Gasteiger partial charge in [-0.05, 0) is 6.92 Å². The first-order valence-electron chi connectivity index (χ1n) is 4.57. The lowest BCUT2D eigenvalue weighted by molar-refractivity contribution is 0.0985. The predicted molar refractivity (Wildman–Crippen MR) is 58.1 cm³/mol. The first kappa shape index (κ1) is 10.0. The van der Waals surface area contributed by atoms with Gasteiger partial charge in [0.15, 0.2) is 5.78 Å². The summed E-state index contributed by atoms with van der Waals surface area (Å²) in [5, 5.41) is 2.81. The number of hydrogen-bond acceptors (Lipinski definition) is 4. The number of carbonyl (C=O) groups excluding carboxylic acids is 1. The minimum atomic E-state index is 0.0596. The van der Waals surface area contributed by atoms with Crippen molar-refractivity contribution >= 4 is 17.1 Å². The van der Waals surface area contributed by atoms with Crippen LogP contribution in [0.2, 0.25) is 0 Å². The van der Waals surface area contributed by atoms with Gasteiger partial charge in [-0.25, -0.2) is 9.97 Å². The summed E-state index contributed by atoms with van der Waals surface area (Å²) in [5.74, 6) is 0.0596. The molecule has 0 atom stereocenters. The van der Waals surface area contributed by atoms with Crippen molar-refractivity contribution < 1.29 is 4.79 Å². The maximum absolute atomic E-state index is 11.8. The van der Waals surface area contributed by atoms with Gasteiger partial charge < -0.3 is 4.57 Å². The van der Waals surface area contributed by atoms with Gasteiger partial charge in [0, 0.05) is 18.1 Å². The van der Waals surface area contributed by atoms with E-state index in [1.807, 2.05) is 19.4 Å². The topological polar surface area (TPSA) is 47.8 Å². The molecule has 4 nitrogen and oxygen atoms in total. The molecule has 0 fully saturated rings. The number of carbonyl (C=O) groups is 1. The van der Waals surface area contributed by atoms with Crippen molar-refractivity contribution in [3.05, 3.63) is 34.3 Å². The van der Waals surface area contributed by atoms with Gasteiger partial charge in [0.25, 0.3) is 0 Å². The van der Waals surface area contributed by atoms with Crippen molar-refractivity contribution in [3.63, 3.8) is 0 Å². The summed E-state index contributed by atoms with van der Waals surface area (Å²) in [7, 11) is 1.81. The maximum atomic E-state index is 11.8. The van der Waals surface area contributed by atoms with E-state index in [1.54, 1.807) is 17.1 Å². The lowest BCUT2D eigenvalue weighted by Crippen LogP contribution is -2.08. The summed E-state index contributed by atoms with van der Waals surface area (Å²) >= 11 is 1.52. The maximum Gasteiger partial charge on any atom is 0.187 e. The SMILES string of the molecule is Cc1csc(CC(=O)c2cncn2C)n1. The van der Waals surface area contributed by atoms with Gasteiger partial charge in [0.1, 0.15) is 10.7 Å². The van der Waals surface area contributed by atoms with Crippen LogP contribution in [0.15, 0.2) is 17.9 Å². The molecular formula is C10H11N3OS. The minimum absolute atomic E-state index is 0.0596. The third-order valence-corrected chi connectivity index (χ3v) is 3.05. The van der Waals surface area contributed by atoms with E-state index in [-0.39, 0.29) is 5.78 Å². The van der Waals surface area contributed by atoms with Crippen LogP contribution in [0.3, 0.4) is 0 Å². The normalized spacial score (nSPS) is 10.5. The van der Waals surface area contributed by atoms with E-state index in [9.17, 15) is 4.79 Å². The molecule has 2 rings (SSSR count). The predicted octanol–water partition coefficient (Wildman–Crippen LogP) is 1.61. The molecule has 2 aromatic rings. The Labute approximate surface area is 91.6 Å². The van der Waals surface area contributed by atoms with Gasteiger partial charge in [-0.3, -0.25) is 4.79 Å². The van der Waals surface area contributed by atoms with Crippen LogP contribution >= 0.6 is 11.3 Å². The van der Waals surface area contributed by atoms with Crippen LogP contribution in [0.1, 0.15) is 21.2 Å².